The predicted octanol–water partition coefficient (Wildman–Crippen LogP) is 1.21. The van der Waals surface area contributed by atoms with E-state index in [-0.39, 0.29) is 11.9 Å². The minimum atomic E-state index is -0.332. The topological polar surface area (TPSA) is 94.0 Å². The summed E-state index contributed by atoms with van der Waals surface area (Å²) < 4.78 is 0. The lowest BCUT2D eigenvalue weighted by Crippen LogP contribution is -2.30. The van der Waals surface area contributed by atoms with Crippen molar-refractivity contribution in [3.8, 4) is 6.07 Å². The number of hydrogen-bond acceptors (Lipinski definition) is 3. The van der Waals surface area contributed by atoms with E-state index in [0.717, 1.165) is 0 Å². The van der Waals surface area contributed by atoms with E-state index < -0.39 is 0 Å². The van der Waals surface area contributed by atoms with Crippen LogP contribution in [0.15, 0.2) is 24.3 Å². The Morgan fingerprint density at radius 2 is 1.95 bits per heavy atom. The molecular weight excluding hydrogens is 244 g/mol. The van der Waals surface area contributed by atoms with E-state index in [1.807, 2.05) is 6.07 Å². The summed E-state index contributed by atoms with van der Waals surface area (Å²) in [6.07, 6.45) is 0.966. The van der Waals surface area contributed by atoms with Crippen molar-refractivity contribution >= 4 is 17.6 Å². The molecule has 0 aliphatic heterocycles. The summed E-state index contributed by atoms with van der Waals surface area (Å²) in [6.45, 7) is 0.426. The van der Waals surface area contributed by atoms with E-state index >= 15 is 0 Å². The zero-order valence-corrected chi connectivity index (χ0v) is 10.7. The number of rotatable bonds is 5. The maximum atomic E-state index is 11.5. The molecule has 0 aliphatic rings. The number of nitriles is 1. The first-order chi connectivity index (χ1) is 9.15. The number of benzene rings is 1. The van der Waals surface area contributed by atoms with E-state index in [9.17, 15) is 9.59 Å². The van der Waals surface area contributed by atoms with Crippen LogP contribution < -0.4 is 16.0 Å². The van der Waals surface area contributed by atoms with E-state index in [0.29, 0.717) is 30.6 Å². The third-order valence-electron chi connectivity index (χ3n) is 2.42. The maximum absolute atomic E-state index is 11.5. The van der Waals surface area contributed by atoms with Crippen molar-refractivity contribution in [2.45, 2.75) is 12.8 Å². The Hall–Kier alpha value is -2.55. The van der Waals surface area contributed by atoms with Crippen LogP contribution in [0.25, 0.3) is 0 Å². The largest absolute Gasteiger partial charge is 0.359 e. The van der Waals surface area contributed by atoms with Gasteiger partial charge in [-0.2, -0.15) is 5.26 Å². The Kier molecular flexibility index (Phi) is 5.89. The summed E-state index contributed by atoms with van der Waals surface area (Å²) >= 11 is 0. The Labute approximate surface area is 111 Å². The molecule has 0 heterocycles. The van der Waals surface area contributed by atoms with Gasteiger partial charge in [0.1, 0.15) is 0 Å². The van der Waals surface area contributed by atoms with Gasteiger partial charge < -0.3 is 16.0 Å². The Morgan fingerprint density at radius 1 is 1.26 bits per heavy atom. The van der Waals surface area contributed by atoms with Crippen molar-refractivity contribution in [2.75, 3.05) is 18.9 Å². The fraction of sp³-hybridized carbons (Fsp3) is 0.308. The highest BCUT2D eigenvalue weighted by atomic mass is 16.2. The van der Waals surface area contributed by atoms with Gasteiger partial charge >= 0.3 is 6.03 Å². The molecule has 0 unspecified atom stereocenters. The maximum Gasteiger partial charge on any atom is 0.319 e. The number of amides is 3. The van der Waals surface area contributed by atoms with Gasteiger partial charge in [0, 0.05) is 25.7 Å². The van der Waals surface area contributed by atoms with Crippen LogP contribution >= 0.6 is 0 Å². The smallest absolute Gasteiger partial charge is 0.319 e. The second kappa shape index (κ2) is 7.71. The zero-order chi connectivity index (χ0) is 14.1. The minimum Gasteiger partial charge on any atom is -0.359 e. The van der Waals surface area contributed by atoms with Crippen molar-refractivity contribution in [1.29, 1.82) is 5.26 Å². The van der Waals surface area contributed by atoms with Gasteiger partial charge in [0.05, 0.1) is 11.6 Å². The molecular formula is C13H16N4O2. The third kappa shape index (κ3) is 5.55. The normalized spacial score (nSPS) is 9.26. The van der Waals surface area contributed by atoms with Crippen molar-refractivity contribution < 1.29 is 9.59 Å². The summed E-state index contributed by atoms with van der Waals surface area (Å²) in [7, 11) is 1.58. The molecule has 0 saturated heterocycles. The lowest BCUT2D eigenvalue weighted by molar-refractivity contribution is -0.120. The van der Waals surface area contributed by atoms with Gasteiger partial charge in [-0.15, -0.1) is 0 Å². The molecule has 0 radical (unpaired) electrons. The summed E-state index contributed by atoms with van der Waals surface area (Å²) in [6, 6.07) is 8.23. The van der Waals surface area contributed by atoms with Crippen molar-refractivity contribution in [3.63, 3.8) is 0 Å². The van der Waals surface area contributed by atoms with Gasteiger partial charge in [0.25, 0.3) is 0 Å². The van der Waals surface area contributed by atoms with Crippen LogP contribution in [0.2, 0.25) is 0 Å². The summed E-state index contributed by atoms with van der Waals surface area (Å²) in [4.78, 5) is 22.4. The number of nitrogens with one attached hydrogen (secondary N) is 3. The molecule has 0 fully saturated rings. The number of carbonyl (C=O) groups is 2. The first kappa shape index (κ1) is 14.5. The fourth-order valence-electron chi connectivity index (χ4n) is 1.38. The monoisotopic (exact) mass is 260 g/mol. The SMILES string of the molecule is CNC(=O)CCCNC(=O)Nc1ccc(C#N)cc1. The quantitative estimate of drug-likeness (QED) is 0.694. The second-order valence-corrected chi connectivity index (χ2v) is 3.85. The molecule has 1 aromatic carbocycles. The van der Waals surface area contributed by atoms with Crippen molar-refractivity contribution in [1.82, 2.24) is 10.6 Å². The van der Waals surface area contributed by atoms with Crippen LogP contribution in [-0.4, -0.2) is 25.5 Å². The minimum absolute atomic E-state index is 0.0469. The zero-order valence-electron chi connectivity index (χ0n) is 10.7. The number of urea groups is 1. The second-order valence-electron chi connectivity index (χ2n) is 3.85. The molecule has 0 atom stereocenters. The highest BCUT2D eigenvalue weighted by molar-refractivity contribution is 5.89. The molecule has 19 heavy (non-hydrogen) atoms. The molecule has 0 saturated carbocycles. The van der Waals surface area contributed by atoms with Gasteiger partial charge in [0.2, 0.25) is 5.91 Å². The Morgan fingerprint density at radius 3 is 2.53 bits per heavy atom. The fourth-order valence-corrected chi connectivity index (χ4v) is 1.38. The molecule has 1 aromatic rings. The van der Waals surface area contributed by atoms with Crippen LogP contribution in [0.5, 0.6) is 0 Å². The average molecular weight is 260 g/mol. The van der Waals surface area contributed by atoms with Gasteiger partial charge in [-0.25, -0.2) is 4.79 Å². The van der Waals surface area contributed by atoms with Crippen LogP contribution in [0.3, 0.4) is 0 Å². The van der Waals surface area contributed by atoms with Gasteiger partial charge in [-0.1, -0.05) is 0 Å². The van der Waals surface area contributed by atoms with E-state index in [1.54, 1.807) is 31.3 Å². The van der Waals surface area contributed by atoms with Crippen LogP contribution in [0.1, 0.15) is 18.4 Å². The van der Waals surface area contributed by atoms with Gasteiger partial charge in [-0.3, -0.25) is 4.79 Å². The van der Waals surface area contributed by atoms with Crippen molar-refractivity contribution in [3.05, 3.63) is 29.8 Å². The first-order valence-electron chi connectivity index (χ1n) is 5.91. The lowest BCUT2D eigenvalue weighted by Gasteiger charge is -2.07. The van der Waals surface area contributed by atoms with E-state index in [4.69, 9.17) is 5.26 Å². The average Bonchev–Trinajstić information content (AvgIpc) is 2.44. The summed E-state index contributed by atoms with van der Waals surface area (Å²) in [5.74, 6) is -0.0469. The molecule has 3 N–H and O–H groups in total. The molecule has 0 spiro atoms. The first-order valence-corrected chi connectivity index (χ1v) is 5.91. The van der Waals surface area contributed by atoms with Crippen molar-refractivity contribution in [2.24, 2.45) is 0 Å². The predicted molar refractivity (Wildman–Crippen MR) is 71.5 cm³/mol. The molecule has 3 amide bonds. The number of anilines is 1. The molecule has 6 heteroatoms. The summed E-state index contributed by atoms with van der Waals surface area (Å²) in [5.41, 5.74) is 1.15. The van der Waals surface area contributed by atoms with Gasteiger partial charge in [-0.05, 0) is 30.7 Å². The molecule has 100 valence electrons. The van der Waals surface area contributed by atoms with Crippen LogP contribution in [0, 0.1) is 11.3 Å². The number of hydrogen-bond donors (Lipinski definition) is 3. The highest BCUT2D eigenvalue weighted by Gasteiger charge is 2.02. The molecule has 0 aromatic heterocycles. The van der Waals surface area contributed by atoms with Gasteiger partial charge in [0.15, 0.2) is 0 Å². The highest BCUT2D eigenvalue weighted by Crippen LogP contribution is 2.08. The Balaban J connectivity index is 2.27. The van der Waals surface area contributed by atoms with E-state index in [1.165, 1.54) is 0 Å². The molecule has 0 aliphatic carbocycles. The van der Waals surface area contributed by atoms with E-state index in [2.05, 4.69) is 16.0 Å². The number of carbonyl (C=O) groups excluding carboxylic acids is 2. The summed E-state index contributed by atoms with van der Waals surface area (Å²) in [5, 5.41) is 16.4. The van der Waals surface area contributed by atoms with Crippen LogP contribution in [0.4, 0.5) is 10.5 Å². The Bertz CT molecular complexity index is 476. The third-order valence-corrected chi connectivity index (χ3v) is 2.42. The molecule has 6 nitrogen and oxygen atoms in total. The molecule has 1 rings (SSSR count). The lowest BCUT2D eigenvalue weighted by atomic mass is 10.2. The number of nitrogens with zero attached hydrogens (tertiary/aromatic N) is 1. The standard InChI is InChI=1S/C13H16N4O2/c1-15-12(18)3-2-8-16-13(19)17-11-6-4-10(9-14)5-7-11/h4-7H,2-3,8H2,1H3,(H,15,18)(H2,16,17,19). The molecule has 0 bridgehead atoms. The van der Waals surface area contributed by atoms with Crippen LogP contribution in [-0.2, 0) is 4.79 Å².